The Morgan fingerprint density at radius 2 is 0.940 bits per heavy atom. The van der Waals surface area contributed by atoms with Crippen molar-refractivity contribution in [1.82, 2.24) is 9.13 Å². The van der Waals surface area contributed by atoms with Crippen molar-refractivity contribution in [1.29, 1.82) is 0 Å². The highest BCUT2D eigenvalue weighted by molar-refractivity contribution is 6.28. The number of rotatable bonds is 5. The maximum Gasteiger partial charge on any atom is 0.0548 e. The first kappa shape index (κ1) is 28.6. The third kappa shape index (κ3) is 4.57. The Bertz CT molecular complexity index is 2780. The molecule has 50 heavy (non-hydrogen) atoms. The summed E-state index contributed by atoms with van der Waals surface area (Å²) in [6.07, 6.45) is 7.83. The Hall–Kier alpha value is -6.38. The molecule has 2 heterocycles. The molecule has 1 aliphatic rings. The van der Waals surface area contributed by atoms with E-state index in [9.17, 15) is 0 Å². The van der Waals surface area contributed by atoms with Crippen LogP contribution < -0.4 is 0 Å². The summed E-state index contributed by atoms with van der Waals surface area (Å²) in [7, 11) is 0. The third-order valence-electron chi connectivity index (χ3n) is 10.5. The molecular formula is C48H34N2. The van der Waals surface area contributed by atoms with Gasteiger partial charge in [0, 0.05) is 38.8 Å². The quantitative estimate of drug-likeness (QED) is 0.178. The Labute approximate surface area is 291 Å². The number of hydrogen-bond acceptors (Lipinski definition) is 0. The lowest BCUT2D eigenvalue weighted by Crippen LogP contribution is -2.01. The summed E-state index contributed by atoms with van der Waals surface area (Å²) in [5, 5.41) is 5.12. The van der Waals surface area contributed by atoms with Gasteiger partial charge in [0.05, 0.1) is 22.1 Å². The molecular weight excluding hydrogens is 605 g/mol. The summed E-state index contributed by atoms with van der Waals surface area (Å²) in [6.45, 7) is 0. The molecule has 1 aliphatic carbocycles. The first-order valence-electron chi connectivity index (χ1n) is 17.5. The van der Waals surface area contributed by atoms with Gasteiger partial charge in [-0.3, -0.25) is 0 Å². The number of para-hydroxylation sites is 2. The van der Waals surface area contributed by atoms with Crippen LogP contribution in [0.15, 0.2) is 188 Å². The van der Waals surface area contributed by atoms with E-state index in [1.807, 2.05) is 0 Å². The van der Waals surface area contributed by atoms with E-state index in [1.165, 1.54) is 77.1 Å². The minimum atomic E-state index is 0.382. The second-order valence-electron chi connectivity index (χ2n) is 13.3. The van der Waals surface area contributed by atoms with Crippen LogP contribution in [0.4, 0.5) is 0 Å². The maximum absolute atomic E-state index is 2.46. The Morgan fingerprint density at radius 3 is 1.58 bits per heavy atom. The van der Waals surface area contributed by atoms with Crippen LogP contribution in [0.5, 0.6) is 0 Å². The first-order valence-corrected chi connectivity index (χ1v) is 17.5. The fourth-order valence-electron chi connectivity index (χ4n) is 8.20. The largest absolute Gasteiger partial charge is 0.309 e. The van der Waals surface area contributed by atoms with Gasteiger partial charge in [0.15, 0.2) is 0 Å². The van der Waals surface area contributed by atoms with Crippen LogP contribution in [0.25, 0.3) is 71.7 Å². The van der Waals surface area contributed by atoms with Crippen LogP contribution in [0.1, 0.15) is 23.5 Å². The molecule has 0 radical (unpaired) electrons. The van der Waals surface area contributed by atoms with E-state index >= 15 is 0 Å². The van der Waals surface area contributed by atoms with Crippen LogP contribution in [0.3, 0.4) is 0 Å². The van der Waals surface area contributed by atoms with Gasteiger partial charge in [0.1, 0.15) is 0 Å². The standard InChI is InChI=1S/C48H34N2/c1-3-14-33(15-4-1)35-18-11-19-36(30-35)38-21-13-23-40(32-38)50-44-27-10-8-25-42(44)48-46(50)29-28-45-47(48)41-24-7-9-26-43(41)49(45)39-22-12-20-37(31-39)34-16-5-2-6-17-34/h1-29,31-32,35H,30H2. The Balaban J connectivity index is 1.17. The van der Waals surface area contributed by atoms with Crippen LogP contribution in [0, 0.1) is 0 Å². The molecule has 2 aromatic heterocycles. The number of benzene rings is 7. The predicted octanol–water partition coefficient (Wildman–Crippen LogP) is 12.7. The van der Waals surface area contributed by atoms with E-state index in [4.69, 9.17) is 0 Å². The number of hydrogen-bond donors (Lipinski definition) is 0. The van der Waals surface area contributed by atoms with E-state index in [0.717, 1.165) is 12.1 Å². The van der Waals surface area contributed by atoms with E-state index in [-0.39, 0.29) is 0 Å². The summed E-state index contributed by atoms with van der Waals surface area (Å²) < 4.78 is 4.90. The highest BCUT2D eigenvalue weighted by Gasteiger charge is 2.21. The fourth-order valence-corrected chi connectivity index (χ4v) is 8.20. The van der Waals surface area contributed by atoms with Gasteiger partial charge in [-0.25, -0.2) is 0 Å². The Morgan fingerprint density at radius 1 is 0.420 bits per heavy atom. The SMILES string of the molecule is C1=CC(c2ccccc2)CC(c2cccc(-n3c4ccccc4c4c5c6ccccc6n(-c6cccc(-c7ccccc7)c6)c5ccc43)c2)=C1. The van der Waals surface area contributed by atoms with Gasteiger partial charge in [-0.2, -0.15) is 0 Å². The second-order valence-corrected chi connectivity index (χ2v) is 13.3. The number of fused-ring (bicyclic) bond motifs is 7. The number of aromatic nitrogens is 2. The predicted molar refractivity (Wildman–Crippen MR) is 211 cm³/mol. The highest BCUT2D eigenvalue weighted by Crippen LogP contribution is 2.43. The van der Waals surface area contributed by atoms with Crippen LogP contribution in [-0.2, 0) is 0 Å². The summed E-state index contributed by atoms with van der Waals surface area (Å²) >= 11 is 0. The molecule has 7 aromatic carbocycles. The molecule has 2 heteroatoms. The first-order chi connectivity index (χ1) is 24.8. The van der Waals surface area contributed by atoms with Gasteiger partial charge in [0.2, 0.25) is 0 Å². The van der Waals surface area contributed by atoms with Crippen LogP contribution >= 0.6 is 0 Å². The molecule has 9 aromatic rings. The molecule has 0 N–H and O–H groups in total. The van der Waals surface area contributed by atoms with E-state index in [2.05, 4.69) is 197 Å². The molecule has 236 valence electrons. The lowest BCUT2D eigenvalue weighted by atomic mass is 9.85. The molecule has 0 saturated carbocycles. The van der Waals surface area contributed by atoms with E-state index in [0.29, 0.717) is 5.92 Å². The molecule has 10 rings (SSSR count). The zero-order valence-corrected chi connectivity index (χ0v) is 27.6. The molecule has 0 spiro atoms. The van der Waals surface area contributed by atoms with Gasteiger partial charge >= 0.3 is 0 Å². The molecule has 0 amide bonds. The van der Waals surface area contributed by atoms with Crippen molar-refractivity contribution < 1.29 is 0 Å². The number of nitrogens with zero attached hydrogens (tertiary/aromatic N) is 2. The summed E-state index contributed by atoms with van der Waals surface area (Å²) in [4.78, 5) is 0. The van der Waals surface area contributed by atoms with Crippen molar-refractivity contribution in [3.8, 4) is 22.5 Å². The zero-order chi connectivity index (χ0) is 33.0. The van der Waals surface area contributed by atoms with E-state index < -0.39 is 0 Å². The molecule has 1 atom stereocenters. The van der Waals surface area contributed by atoms with Gasteiger partial charge in [-0.15, -0.1) is 0 Å². The lowest BCUT2D eigenvalue weighted by molar-refractivity contribution is 0.867. The number of allylic oxidation sites excluding steroid dienone is 4. The van der Waals surface area contributed by atoms with Crippen molar-refractivity contribution in [3.05, 3.63) is 199 Å². The third-order valence-corrected chi connectivity index (χ3v) is 10.5. The lowest BCUT2D eigenvalue weighted by Gasteiger charge is -2.20. The monoisotopic (exact) mass is 638 g/mol. The van der Waals surface area contributed by atoms with Gasteiger partial charge in [0.25, 0.3) is 0 Å². The molecule has 0 bridgehead atoms. The fraction of sp³-hybridized carbons (Fsp3) is 0.0417. The second kappa shape index (κ2) is 11.6. The Kier molecular flexibility index (Phi) is 6.67. The van der Waals surface area contributed by atoms with Crippen molar-refractivity contribution in [2.45, 2.75) is 12.3 Å². The average molecular weight is 639 g/mol. The smallest absolute Gasteiger partial charge is 0.0548 e. The van der Waals surface area contributed by atoms with Gasteiger partial charge in [-0.1, -0.05) is 140 Å². The summed E-state index contributed by atoms with van der Waals surface area (Å²) in [5.41, 5.74) is 13.6. The molecule has 1 unspecified atom stereocenters. The minimum Gasteiger partial charge on any atom is -0.309 e. The highest BCUT2D eigenvalue weighted by atomic mass is 15.0. The van der Waals surface area contributed by atoms with Gasteiger partial charge < -0.3 is 9.13 Å². The molecule has 0 aliphatic heterocycles. The van der Waals surface area contributed by atoms with Crippen molar-refractivity contribution in [2.75, 3.05) is 0 Å². The van der Waals surface area contributed by atoms with Crippen LogP contribution in [0.2, 0.25) is 0 Å². The summed E-state index contributed by atoms with van der Waals surface area (Å²) in [6, 6.07) is 62.0. The van der Waals surface area contributed by atoms with Crippen molar-refractivity contribution in [2.24, 2.45) is 0 Å². The van der Waals surface area contributed by atoms with Crippen molar-refractivity contribution in [3.63, 3.8) is 0 Å². The zero-order valence-electron chi connectivity index (χ0n) is 27.6. The molecule has 0 fully saturated rings. The molecule has 2 nitrogen and oxygen atoms in total. The topological polar surface area (TPSA) is 9.86 Å². The maximum atomic E-state index is 2.46. The van der Waals surface area contributed by atoms with Crippen LogP contribution in [-0.4, -0.2) is 9.13 Å². The normalized spacial score (nSPS) is 14.6. The van der Waals surface area contributed by atoms with Gasteiger partial charge in [-0.05, 0) is 82.8 Å². The minimum absolute atomic E-state index is 0.382. The van der Waals surface area contributed by atoms with E-state index in [1.54, 1.807) is 0 Å². The van der Waals surface area contributed by atoms with Crippen molar-refractivity contribution >= 4 is 49.2 Å². The summed E-state index contributed by atoms with van der Waals surface area (Å²) in [5.74, 6) is 0.382. The average Bonchev–Trinajstić information content (AvgIpc) is 3.72. The molecule has 0 saturated heterocycles.